The number of hydrogen-bond acceptors (Lipinski definition) is 3. The van der Waals surface area contributed by atoms with E-state index in [0.717, 1.165) is 38.6 Å². The lowest BCUT2D eigenvalue weighted by Gasteiger charge is -2.32. The van der Waals surface area contributed by atoms with Crippen molar-refractivity contribution in [1.29, 1.82) is 0 Å². The topological polar surface area (TPSA) is 34.1 Å². The van der Waals surface area contributed by atoms with E-state index in [2.05, 4.69) is 58.3 Å². The number of nitrogens with one attached hydrogen (secondary N) is 1. The van der Waals surface area contributed by atoms with Crippen LogP contribution in [0, 0.1) is 0 Å². The molecule has 0 saturated carbocycles. The predicted octanol–water partition coefficient (Wildman–Crippen LogP) is 2.66. The summed E-state index contributed by atoms with van der Waals surface area (Å²) in [6.45, 7) is 12.1. The smallest absolute Gasteiger partial charge is 0.194 e. The maximum atomic E-state index is 4.91. The van der Waals surface area contributed by atoms with Gasteiger partial charge >= 0.3 is 0 Å². The van der Waals surface area contributed by atoms with E-state index in [0.29, 0.717) is 0 Å². The summed E-state index contributed by atoms with van der Waals surface area (Å²) in [5.41, 5.74) is 2.94. The second-order valence-corrected chi connectivity index (χ2v) is 7.53. The number of piperazine rings is 1. The fourth-order valence-electron chi connectivity index (χ4n) is 3.81. The van der Waals surface area contributed by atoms with Gasteiger partial charge in [-0.2, -0.15) is 0 Å². The van der Waals surface area contributed by atoms with Gasteiger partial charge in [-0.3, -0.25) is 4.99 Å². The summed E-state index contributed by atoms with van der Waals surface area (Å²) >= 11 is 0. The molecule has 1 saturated heterocycles. The van der Waals surface area contributed by atoms with Gasteiger partial charge in [0.05, 0.1) is 0 Å². The van der Waals surface area contributed by atoms with Gasteiger partial charge in [0.2, 0.25) is 0 Å². The van der Waals surface area contributed by atoms with Crippen molar-refractivity contribution in [2.75, 3.05) is 59.4 Å². The van der Waals surface area contributed by atoms with Crippen LogP contribution in [-0.2, 0) is 13.0 Å². The van der Waals surface area contributed by atoms with E-state index in [1.54, 1.807) is 0 Å². The van der Waals surface area contributed by atoms with Gasteiger partial charge in [-0.05, 0) is 50.9 Å². The molecule has 0 unspecified atom stereocenters. The van der Waals surface area contributed by atoms with Crippen molar-refractivity contribution in [3.05, 3.63) is 35.4 Å². The molecule has 1 aromatic carbocycles. The molecule has 1 fully saturated rings. The Morgan fingerprint density at radius 3 is 2.52 bits per heavy atom. The molecule has 2 aliphatic heterocycles. The maximum Gasteiger partial charge on any atom is 0.194 e. The number of aliphatic imine (C=N–C) groups is 1. The Labute approximate surface area is 182 Å². The summed E-state index contributed by atoms with van der Waals surface area (Å²) < 4.78 is 0. The Morgan fingerprint density at radius 2 is 1.78 bits per heavy atom. The van der Waals surface area contributed by atoms with E-state index in [1.807, 2.05) is 0 Å². The zero-order valence-electron chi connectivity index (χ0n) is 17.0. The van der Waals surface area contributed by atoms with E-state index in [9.17, 15) is 0 Å². The second kappa shape index (κ2) is 11.9. The Balaban J connectivity index is 0.00000261. The number of fused-ring (bicyclic) bond motifs is 1. The van der Waals surface area contributed by atoms with Crippen LogP contribution < -0.4 is 5.32 Å². The summed E-state index contributed by atoms with van der Waals surface area (Å²) in [5.74, 6) is 1.08. The van der Waals surface area contributed by atoms with E-state index >= 15 is 0 Å². The molecule has 0 atom stereocenters. The van der Waals surface area contributed by atoms with E-state index < -0.39 is 0 Å². The SMILES string of the molecule is CCNC(=NCCCCN1CCN(C)CC1)N1CCc2ccccc2C1.I. The first-order valence-electron chi connectivity index (χ1n) is 10.3. The minimum Gasteiger partial charge on any atom is -0.357 e. The van der Waals surface area contributed by atoms with Gasteiger partial charge in [-0.1, -0.05) is 24.3 Å². The standard InChI is InChI=1S/C21H35N5.HI/c1-3-22-21(26-13-10-19-8-4-5-9-20(19)18-26)23-11-6-7-12-25-16-14-24(2)15-17-25;/h4-5,8-9H,3,6-7,10-18H2,1-2H3,(H,22,23);1H. The Kier molecular flexibility index (Phi) is 9.86. The molecule has 1 aromatic rings. The van der Waals surface area contributed by atoms with Crippen LogP contribution in [0.2, 0.25) is 0 Å². The highest BCUT2D eigenvalue weighted by Gasteiger charge is 2.18. The largest absolute Gasteiger partial charge is 0.357 e. The highest BCUT2D eigenvalue weighted by Crippen LogP contribution is 2.18. The molecular formula is C21H36IN5. The highest BCUT2D eigenvalue weighted by atomic mass is 127. The third-order valence-electron chi connectivity index (χ3n) is 5.50. The van der Waals surface area contributed by atoms with Crippen molar-refractivity contribution in [1.82, 2.24) is 20.0 Å². The number of benzene rings is 1. The van der Waals surface area contributed by atoms with Crippen molar-refractivity contribution in [2.45, 2.75) is 32.7 Å². The van der Waals surface area contributed by atoms with Gasteiger partial charge in [0, 0.05) is 52.4 Å². The number of hydrogen-bond donors (Lipinski definition) is 1. The van der Waals surface area contributed by atoms with Crippen molar-refractivity contribution < 1.29 is 0 Å². The summed E-state index contributed by atoms with van der Waals surface area (Å²) in [6, 6.07) is 8.80. The molecule has 152 valence electrons. The molecule has 0 spiro atoms. The number of rotatable bonds is 6. The molecule has 0 bridgehead atoms. The third kappa shape index (κ3) is 6.91. The zero-order valence-corrected chi connectivity index (χ0v) is 19.3. The van der Waals surface area contributed by atoms with Crippen molar-refractivity contribution >= 4 is 29.9 Å². The molecule has 27 heavy (non-hydrogen) atoms. The molecule has 0 radical (unpaired) electrons. The lowest BCUT2D eigenvalue weighted by molar-refractivity contribution is 0.152. The number of guanidine groups is 1. The summed E-state index contributed by atoms with van der Waals surface area (Å²) in [6.07, 6.45) is 3.53. The van der Waals surface area contributed by atoms with E-state index in [1.165, 1.54) is 56.7 Å². The molecule has 3 rings (SSSR count). The summed E-state index contributed by atoms with van der Waals surface area (Å²) in [4.78, 5) is 12.3. The second-order valence-electron chi connectivity index (χ2n) is 7.53. The molecule has 1 N–H and O–H groups in total. The maximum absolute atomic E-state index is 4.91. The number of unbranched alkanes of at least 4 members (excludes halogenated alkanes) is 1. The lowest BCUT2D eigenvalue weighted by atomic mass is 10.0. The van der Waals surface area contributed by atoms with Crippen LogP contribution >= 0.6 is 24.0 Å². The average molecular weight is 485 g/mol. The first-order valence-corrected chi connectivity index (χ1v) is 10.3. The quantitative estimate of drug-likeness (QED) is 0.291. The van der Waals surface area contributed by atoms with Crippen molar-refractivity contribution in [2.24, 2.45) is 4.99 Å². The van der Waals surface area contributed by atoms with Crippen molar-refractivity contribution in [3.8, 4) is 0 Å². The minimum atomic E-state index is 0. The number of likely N-dealkylation sites (N-methyl/N-ethyl adjacent to an activating group) is 1. The van der Waals surface area contributed by atoms with Crippen LogP contribution in [0.3, 0.4) is 0 Å². The van der Waals surface area contributed by atoms with Gasteiger partial charge in [0.25, 0.3) is 0 Å². The average Bonchev–Trinajstić information content (AvgIpc) is 2.68. The first-order chi connectivity index (χ1) is 12.8. The Bertz CT molecular complexity index is 584. The van der Waals surface area contributed by atoms with Gasteiger partial charge in [0.15, 0.2) is 5.96 Å². The van der Waals surface area contributed by atoms with Gasteiger partial charge in [0.1, 0.15) is 0 Å². The van der Waals surface area contributed by atoms with Gasteiger partial charge in [-0.25, -0.2) is 0 Å². The molecule has 0 amide bonds. The first kappa shape index (κ1) is 22.4. The summed E-state index contributed by atoms with van der Waals surface area (Å²) in [5, 5.41) is 3.49. The normalized spacial score (nSPS) is 18.7. The molecule has 2 aliphatic rings. The van der Waals surface area contributed by atoms with Crippen LogP contribution in [0.25, 0.3) is 0 Å². The van der Waals surface area contributed by atoms with Crippen LogP contribution in [0.4, 0.5) is 0 Å². The fraction of sp³-hybridized carbons (Fsp3) is 0.667. The summed E-state index contributed by atoms with van der Waals surface area (Å²) in [7, 11) is 2.22. The van der Waals surface area contributed by atoms with Crippen LogP contribution in [0.15, 0.2) is 29.3 Å². The fourth-order valence-corrected chi connectivity index (χ4v) is 3.81. The zero-order chi connectivity index (χ0) is 18.2. The minimum absolute atomic E-state index is 0. The number of nitrogens with zero attached hydrogens (tertiary/aromatic N) is 4. The number of halogens is 1. The molecule has 0 aliphatic carbocycles. The van der Waals surface area contributed by atoms with Crippen LogP contribution in [-0.4, -0.2) is 80.1 Å². The molecule has 5 nitrogen and oxygen atoms in total. The van der Waals surface area contributed by atoms with Gasteiger partial charge in [-0.15, -0.1) is 24.0 Å². The van der Waals surface area contributed by atoms with E-state index in [-0.39, 0.29) is 24.0 Å². The Hall–Kier alpha value is -0.860. The third-order valence-corrected chi connectivity index (χ3v) is 5.50. The van der Waals surface area contributed by atoms with Crippen LogP contribution in [0.1, 0.15) is 30.9 Å². The van der Waals surface area contributed by atoms with E-state index in [4.69, 9.17) is 4.99 Å². The molecule has 6 heteroatoms. The van der Waals surface area contributed by atoms with Crippen LogP contribution in [0.5, 0.6) is 0 Å². The molecule has 0 aromatic heterocycles. The monoisotopic (exact) mass is 485 g/mol. The van der Waals surface area contributed by atoms with Crippen molar-refractivity contribution in [3.63, 3.8) is 0 Å². The molecule has 2 heterocycles. The predicted molar refractivity (Wildman–Crippen MR) is 125 cm³/mol. The lowest BCUT2D eigenvalue weighted by Crippen LogP contribution is -2.44. The molecular weight excluding hydrogens is 449 g/mol. The highest BCUT2D eigenvalue weighted by molar-refractivity contribution is 14.0. The Morgan fingerprint density at radius 1 is 1.04 bits per heavy atom. The van der Waals surface area contributed by atoms with Gasteiger partial charge < -0.3 is 20.0 Å².